The minimum Gasteiger partial charge on any atom is -0.508 e. The Bertz CT molecular complexity index is 289. The van der Waals surface area contributed by atoms with Gasteiger partial charge in [-0.05, 0) is 38.4 Å². The molecule has 3 nitrogen and oxygen atoms in total. The molecule has 0 aliphatic carbocycles. The molecule has 0 fully saturated rings. The fourth-order valence-corrected chi connectivity index (χ4v) is 1.04. The maximum atomic E-state index is 9.64. The van der Waals surface area contributed by atoms with E-state index in [2.05, 4.69) is 0 Å². The first-order chi connectivity index (χ1) is 6.38. The molecule has 0 heterocycles. The molecule has 76 valence electrons. The highest BCUT2D eigenvalue weighted by atomic mass is 16.5. The molecule has 0 unspecified atom stereocenters. The molecule has 0 aliphatic rings. The van der Waals surface area contributed by atoms with Gasteiger partial charge in [0.05, 0.1) is 0 Å². The molecule has 4 heteroatoms. The van der Waals surface area contributed by atoms with E-state index < -0.39 is 12.7 Å². The van der Waals surface area contributed by atoms with Crippen LogP contribution in [0, 0.1) is 0 Å². The summed E-state index contributed by atoms with van der Waals surface area (Å²) in [5.74, 6) is 0.178. The molecule has 14 heavy (non-hydrogen) atoms. The van der Waals surface area contributed by atoms with Gasteiger partial charge in [-0.2, -0.15) is 0 Å². The molecular weight excluding hydrogens is 179 g/mol. The van der Waals surface area contributed by atoms with Crippen molar-refractivity contribution in [2.45, 2.75) is 26.4 Å². The molecule has 0 radical (unpaired) electrons. The highest BCUT2D eigenvalue weighted by molar-refractivity contribution is 6.60. The van der Waals surface area contributed by atoms with Crippen molar-refractivity contribution >= 4 is 12.6 Å². The second-order valence-electron chi connectivity index (χ2n) is 4.17. The summed E-state index contributed by atoms with van der Waals surface area (Å²) in [7, 11) is -0.949. The van der Waals surface area contributed by atoms with Gasteiger partial charge in [0.1, 0.15) is 5.75 Å². The quantitative estimate of drug-likeness (QED) is 0.687. The van der Waals surface area contributed by atoms with Crippen molar-refractivity contribution in [3.8, 4) is 5.75 Å². The molecule has 1 aromatic rings. The average Bonchev–Trinajstić information content (AvgIpc) is 2.02. The van der Waals surface area contributed by atoms with Crippen LogP contribution in [0.1, 0.15) is 20.8 Å². The second-order valence-corrected chi connectivity index (χ2v) is 4.17. The SMILES string of the molecule is CC(C)(C)OB(O)c1ccc(O)cc1. The molecule has 0 aliphatic heterocycles. The number of rotatable bonds is 2. The summed E-state index contributed by atoms with van der Waals surface area (Å²) in [6.07, 6.45) is 0. The summed E-state index contributed by atoms with van der Waals surface area (Å²) in [6.45, 7) is 5.61. The Kier molecular flexibility index (Phi) is 3.19. The van der Waals surface area contributed by atoms with Crippen LogP contribution in [-0.4, -0.2) is 22.8 Å². The predicted molar refractivity (Wildman–Crippen MR) is 56.6 cm³/mol. The van der Waals surface area contributed by atoms with E-state index in [-0.39, 0.29) is 5.75 Å². The molecule has 0 atom stereocenters. The van der Waals surface area contributed by atoms with E-state index in [0.29, 0.717) is 5.46 Å². The first-order valence-electron chi connectivity index (χ1n) is 4.53. The third-order valence-corrected chi connectivity index (χ3v) is 1.64. The van der Waals surface area contributed by atoms with Crippen molar-refractivity contribution in [1.29, 1.82) is 0 Å². The minimum atomic E-state index is -0.949. The summed E-state index contributed by atoms with van der Waals surface area (Å²) in [4.78, 5) is 0. The molecule has 0 saturated carbocycles. The highest BCUT2D eigenvalue weighted by Gasteiger charge is 2.23. The van der Waals surface area contributed by atoms with Crippen LogP contribution in [0.15, 0.2) is 24.3 Å². The molecule has 1 aromatic carbocycles. The molecule has 0 bridgehead atoms. The first-order valence-corrected chi connectivity index (χ1v) is 4.53. The largest absolute Gasteiger partial charge is 0.508 e. The predicted octanol–water partition coefficient (Wildman–Crippen LogP) is 0.895. The fraction of sp³-hybridized carbons (Fsp3) is 0.400. The van der Waals surface area contributed by atoms with Gasteiger partial charge in [0, 0.05) is 5.60 Å². The smallest absolute Gasteiger partial charge is 0.491 e. The van der Waals surface area contributed by atoms with E-state index in [0.717, 1.165) is 0 Å². The van der Waals surface area contributed by atoms with Gasteiger partial charge in [-0.25, -0.2) is 0 Å². The molecule has 0 amide bonds. The molecular formula is C10H15BO3. The van der Waals surface area contributed by atoms with Gasteiger partial charge in [0.25, 0.3) is 0 Å². The Hall–Kier alpha value is -0.995. The van der Waals surface area contributed by atoms with Gasteiger partial charge in [-0.1, -0.05) is 12.1 Å². The lowest BCUT2D eigenvalue weighted by molar-refractivity contribution is 0.107. The van der Waals surface area contributed by atoms with Gasteiger partial charge in [0.15, 0.2) is 0 Å². The maximum absolute atomic E-state index is 9.64. The average molecular weight is 194 g/mol. The lowest BCUT2D eigenvalue weighted by Crippen LogP contribution is -2.40. The monoisotopic (exact) mass is 194 g/mol. The zero-order valence-corrected chi connectivity index (χ0v) is 8.69. The van der Waals surface area contributed by atoms with Crippen LogP contribution in [0.25, 0.3) is 0 Å². The fourth-order valence-electron chi connectivity index (χ4n) is 1.04. The topological polar surface area (TPSA) is 49.7 Å². The highest BCUT2D eigenvalue weighted by Crippen LogP contribution is 2.09. The van der Waals surface area contributed by atoms with Crippen LogP contribution >= 0.6 is 0 Å². The summed E-state index contributed by atoms with van der Waals surface area (Å²) in [5.41, 5.74) is 0.245. The normalized spacial score (nSPS) is 11.4. The Balaban J connectivity index is 2.70. The van der Waals surface area contributed by atoms with Crippen LogP contribution in [0.3, 0.4) is 0 Å². The van der Waals surface area contributed by atoms with Crippen molar-refractivity contribution < 1.29 is 14.8 Å². The van der Waals surface area contributed by atoms with Crippen molar-refractivity contribution in [2.75, 3.05) is 0 Å². The Morgan fingerprint density at radius 1 is 1.14 bits per heavy atom. The summed E-state index contributed by atoms with van der Waals surface area (Å²) in [6, 6.07) is 6.30. The second kappa shape index (κ2) is 4.03. The standard InChI is InChI=1S/C10H15BO3/c1-10(2,3)14-11(13)8-4-6-9(12)7-5-8/h4-7,12-13H,1-3H3. The van der Waals surface area contributed by atoms with Crippen LogP contribution in [0.2, 0.25) is 0 Å². The zero-order valence-electron chi connectivity index (χ0n) is 8.69. The first kappa shape index (κ1) is 11.1. The van der Waals surface area contributed by atoms with Gasteiger partial charge in [0.2, 0.25) is 0 Å². The summed E-state index contributed by atoms with van der Waals surface area (Å²) >= 11 is 0. The van der Waals surface area contributed by atoms with Crippen LogP contribution in [0.5, 0.6) is 5.75 Å². The summed E-state index contributed by atoms with van der Waals surface area (Å²) < 4.78 is 5.34. The zero-order chi connectivity index (χ0) is 10.8. The van der Waals surface area contributed by atoms with E-state index in [1.54, 1.807) is 12.1 Å². The number of phenols is 1. The number of aromatic hydroxyl groups is 1. The van der Waals surface area contributed by atoms with E-state index in [4.69, 9.17) is 9.76 Å². The third kappa shape index (κ3) is 3.40. The van der Waals surface area contributed by atoms with E-state index in [9.17, 15) is 5.02 Å². The van der Waals surface area contributed by atoms with Crippen molar-refractivity contribution in [3.63, 3.8) is 0 Å². The van der Waals surface area contributed by atoms with Crippen molar-refractivity contribution in [3.05, 3.63) is 24.3 Å². The number of hydrogen-bond acceptors (Lipinski definition) is 3. The third-order valence-electron chi connectivity index (χ3n) is 1.64. The molecule has 0 saturated heterocycles. The summed E-state index contributed by atoms with van der Waals surface area (Å²) in [5, 5.41) is 18.7. The van der Waals surface area contributed by atoms with Gasteiger partial charge in [-0.3, -0.25) is 0 Å². The number of hydrogen-bond donors (Lipinski definition) is 2. The van der Waals surface area contributed by atoms with Crippen molar-refractivity contribution in [2.24, 2.45) is 0 Å². The van der Waals surface area contributed by atoms with E-state index >= 15 is 0 Å². The molecule has 0 spiro atoms. The lowest BCUT2D eigenvalue weighted by atomic mass is 9.78. The van der Waals surface area contributed by atoms with E-state index in [1.165, 1.54) is 12.1 Å². The molecule has 2 N–H and O–H groups in total. The Morgan fingerprint density at radius 3 is 2.07 bits per heavy atom. The van der Waals surface area contributed by atoms with E-state index in [1.807, 2.05) is 20.8 Å². The van der Waals surface area contributed by atoms with Gasteiger partial charge >= 0.3 is 7.12 Å². The van der Waals surface area contributed by atoms with Crippen LogP contribution in [0.4, 0.5) is 0 Å². The lowest BCUT2D eigenvalue weighted by Gasteiger charge is -2.22. The molecule has 0 aromatic heterocycles. The Labute approximate surface area is 84.5 Å². The maximum Gasteiger partial charge on any atom is 0.491 e. The minimum absolute atomic E-state index is 0.178. The Morgan fingerprint density at radius 2 is 1.64 bits per heavy atom. The molecule has 1 rings (SSSR count). The van der Waals surface area contributed by atoms with Crippen LogP contribution < -0.4 is 5.46 Å². The van der Waals surface area contributed by atoms with Gasteiger partial charge < -0.3 is 14.8 Å². The van der Waals surface area contributed by atoms with Crippen LogP contribution in [-0.2, 0) is 4.65 Å². The number of phenolic OH excluding ortho intramolecular Hbond substituents is 1. The van der Waals surface area contributed by atoms with Crippen molar-refractivity contribution in [1.82, 2.24) is 0 Å². The van der Waals surface area contributed by atoms with Gasteiger partial charge in [-0.15, -0.1) is 0 Å². The number of benzene rings is 1.